The number of benzene rings is 3. The van der Waals surface area contributed by atoms with Crippen molar-refractivity contribution >= 4 is 16.3 Å². The molecular weight excluding hydrogens is 324 g/mol. The van der Waals surface area contributed by atoms with Gasteiger partial charge < -0.3 is 14.2 Å². The van der Waals surface area contributed by atoms with Gasteiger partial charge in [0.05, 0.1) is 20.8 Å². The van der Waals surface area contributed by atoms with Crippen LogP contribution in [-0.2, 0) is 4.74 Å². The van der Waals surface area contributed by atoms with Crippen molar-refractivity contribution in [3.05, 3.63) is 77.9 Å². The summed E-state index contributed by atoms with van der Waals surface area (Å²) in [5, 5.41) is 2.34. The third-order valence-corrected chi connectivity index (χ3v) is 4.37. The molecule has 0 spiro atoms. The molecule has 0 aliphatic heterocycles. The summed E-state index contributed by atoms with van der Waals surface area (Å²) in [5.41, 5.74) is 3.45. The van der Waals surface area contributed by atoms with Crippen molar-refractivity contribution in [2.45, 2.75) is 6.92 Å². The quantitative estimate of drug-likeness (QED) is 0.541. The van der Waals surface area contributed by atoms with E-state index >= 15 is 0 Å². The molecule has 134 valence electrons. The third kappa shape index (κ3) is 4.06. The minimum absolute atomic E-state index is 0.582. The van der Waals surface area contributed by atoms with Gasteiger partial charge in [0.1, 0.15) is 11.5 Å². The third-order valence-electron chi connectivity index (χ3n) is 4.37. The SMILES string of the molecule is CCOC/C=C(/c1ccc(OC)cc1)c1ccc2cc(OC)ccc2c1. The summed E-state index contributed by atoms with van der Waals surface area (Å²) in [5.74, 6) is 1.72. The zero-order valence-electron chi connectivity index (χ0n) is 15.5. The monoisotopic (exact) mass is 348 g/mol. The molecule has 0 atom stereocenters. The first-order chi connectivity index (χ1) is 12.7. The van der Waals surface area contributed by atoms with Gasteiger partial charge in [-0.2, -0.15) is 0 Å². The Morgan fingerprint density at radius 1 is 0.769 bits per heavy atom. The summed E-state index contributed by atoms with van der Waals surface area (Å²) in [7, 11) is 3.37. The Balaban J connectivity index is 2.02. The lowest BCUT2D eigenvalue weighted by Crippen LogP contribution is -1.95. The second kappa shape index (κ2) is 8.54. The molecule has 0 fully saturated rings. The van der Waals surface area contributed by atoms with Crippen LogP contribution in [0.2, 0.25) is 0 Å². The van der Waals surface area contributed by atoms with Gasteiger partial charge in [-0.25, -0.2) is 0 Å². The van der Waals surface area contributed by atoms with Crippen LogP contribution in [0.5, 0.6) is 11.5 Å². The van der Waals surface area contributed by atoms with Gasteiger partial charge in [-0.3, -0.25) is 0 Å². The topological polar surface area (TPSA) is 27.7 Å². The summed E-state index contributed by atoms with van der Waals surface area (Å²) in [6, 6.07) is 20.7. The number of hydrogen-bond acceptors (Lipinski definition) is 3. The number of rotatable bonds is 7. The highest BCUT2D eigenvalue weighted by Gasteiger charge is 2.07. The standard InChI is InChI=1S/C23H24O3/c1-4-26-14-13-23(17-7-10-21(24-2)11-8-17)20-6-5-19-16-22(25-3)12-9-18(19)15-20/h5-13,15-16H,4,14H2,1-3H3/b23-13-. The first kappa shape index (κ1) is 18.0. The fourth-order valence-corrected chi connectivity index (χ4v) is 2.95. The maximum atomic E-state index is 5.55. The van der Waals surface area contributed by atoms with Crippen LogP contribution in [0.3, 0.4) is 0 Å². The van der Waals surface area contributed by atoms with Gasteiger partial charge in [0.2, 0.25) is 0 Å². The van der Waals surface area contributed by atoms with E-state index in [4.69, 9.17) is 14.2 Å². The Labute approximate surface area is 154 Å². The molecule has 26 heavy (non-hydrogen) atoms. The van der Waals surface area contributed by atoms with E-state index in [0.29, 0.717) is 13.2 Å². The van der Waals surface area contributed by atoms with Crippen molar-refractivity contribution < 1.29 is 14.2 Å². The molecule has 0 saturated carbocycles. The van der Waals surface area contributed by atoms with Crippen molar-refractivity contribution in [2.24, 2.45) is 0 Å². The van der Waals surface area contributed by atoms with Crippen LogP contribution in [0, 0.1) is 0 Å². The van der Waals surface area contributed by atoms with Crippen molar-refractivity contribution in [3.8, 4) is 11.5 Å². The van der Waals surface area contributed by atoms with Crippen LogP contribution in [0.15, 0.2) is 66.7 Å². The molecule has 0 unspecified atom stereocenters. The first-order valence-electron chi connectivity index (χ1n) is 8.75. The Morgan fingerprint density at radius 2 is 1.38 bits per heavy atom. The molecule has 3 heteroatoms. The number of ether oxygens (including phenoxy) is 3. The van der Waals surface area contributed by atoms with E-state index < -0.39 is 0 Å². The van der Waals surface area contributed by atoms with Crippen LogP contribution in [0.1, 0.15) is 18.1 Å². The fraction of sp³-hybridized carbons (Fsp3) is 0.217. The molecule has 0 N–H and O–H groups in total. The van der Waals surface area contributed by atoms with Gasteiger partial charge in [-0.15, -0.1) is 0 Å². The molecule has 3 aromatic carbocycles. The smallest absolute Gasteiger partial charge is 0.119 e. The lowest BCUT2D eigenvalue weighted by molar-refractivity contribution is 0.178. The Morgan fingerprint density at radius 3 is 2.08 bits per heavy atom. The molecule has 0 aromatic heterocycles. The van der Waals surface area contributed by atoms with Crippen LogP contribution in [0.25, 0.3) is 16.3 Å². The Bertz CT molecular complexity index is 895. The van der Waals surface area contributed by atoms with Gasteiger partial charge in [0.25, 0.3) is 0 Å². The highest BCUT2D eigenvalue weighted by molar-refractivity contribution is 5.90. The summed E-state index contributed by atoms with van der Waals surface area (Å²) in [4.78, 5) is 0. The van der Waals surface area contributed by atoms with Crippen molar-refractivity contribution in [2.75, 3.05) is 27.4 Å². The maximum absolute atomic E-state index is 5.55. The second-order valence-corrected chi connectivity index (χ2v) is 5.93. The lowest BCUT2D eigenvalue weighted by Gasteiger charge is -2.12. The summed E-state index contributed by atoms with van der Waals surface area (Å²) < 4.78 is 16.1. The highest BCUT2D eigenvalue weighted by atomic mass is 16.5. The molecule has 0 radical (unpaired) electrons. The van der Waals surface area contributed by atoms with E-state index in [1.54, 1.807) is 14.2 Å². The van der Waals surface area contributed by atoms with Crippen molar-refractivity contribution in [3.63, 3.8) is 0 Å². The molecular formula is C23H24O3. The van der Waals surface area contributed by atoms with E-state index in [-0.39, 0.29) is 0 Å². The summed E-state index contributed by atoms with van der Waals surface area (Å²) in [6.07, 6.45) is 2.13. The minimum atomic E-state index is 0.582. The molecule has 3 rings (SSSR count). The van der Waals surface area contributed by atoms with E-state index in [1.807, 2.05) is 25.1 Å². The molecule has 0 bridgehead atoms. The van der Waals surface area contributed by atoms with E-state index in [0.717, 1.165) is 33.6 Å². The highest BCUT2D eigenvalue weighted by Crippen LogP contribution is 2.29. The van der Waals surface area contributed by atoms with Crippen LogP contribution >= 0.6 is 0 Å². The van der Waals surface area contributed by atoms with Gasteiger partial charge in [0, 0.05) is 6.61 Å². The lowest BCUT2D eigenvalue weighted by atomic mass is 9.95. The van der Waals surface area contributed by atoms with Gasteiger partial charge >= 0.3 is 0 Å². The zero-order chi connectivity index (χ0) is 18.4. The molecule has 0 heterocycles. The predicted molar refractivity (Wildman–Crippen MR) is 107 cm³/mol. The van der Waals surface area contributed by atoms with Crippen molar-refractivity contribution in [1.29, 1.82) is 0 Å². The predicted octanol–water partition coefficient (Wildman–Crippen LogP) is 5.33. The normalized spacial score (nSPS) is 11.6. The zero-order valence-corrected chi connectivity index (χ0v) is 15.5. The molecule has 3 nitrogen and oxygen atoms in total. The van der Waals surface area contributed by atoms with Gasteiger partial charge in [0.15, 0.2) is 0 Å². The molecule has 0 aliphatic carbocycles. The van der Waals surface area contributed by atoms with E-state index in [9.17, 15) is 0 Å². The average molecular weight is 348 g/mol. The van der Waals surface area contributed by atoms with Gasteiger partial charge in [-0.05, 0) is 64.7 Å². The molecule has 3 aromatic rings. The molecule has 0 saturated heterocycles. The number of hydrogen-bond donors (Lipinski definition) is 0. The van der Waals surface area contributed by atoms with E-state index in [2.05, 4.69) is 48.5 Å². The van der Waals surface area contributed by atoms with Crippen LogP contribution in [-0.4, -0.2) is 27.4 Å². The number of methoxy groups -OCH3 is 2. The average Bonchev–Trinajstić information content (AvgIpc) is 2.70. The Kier molecular flexibility index (Phi) is 5.92. The largest absolute Gasteiger partial charge is 0.497 e. The number of fused-ring (bicyclic) bond motifs is 1. The fourth-order valence-electron chi connectivity index (χ4n) is 2.95. The Hall–Kier alpha value is -2.78. The maximum Gasteiger partial charge on any atom is 0.119 e. The summed E-state index contributed by atoms with van der Waals surface area (Å²) >= 11 is 0. The van der Waals surface area contributed by atoms with Crippen molar-refractivity contribution in [1.82, 2.24) is 0 Å². The molecule has 0 amide bonds. The first-order valence-corrected chi connectivity index (χ1v) is 8.75. The molecule has 0 aliphatic rings. The second-order valence-electron chi connectivity index (χ2n) is 5.93. The van der Waals surface area contributed by atoms with Crippen LogP contribution in [0.4, 0.5) is 0 Å². The summed E-state index contributed by atoms with van der Waals surface area (Å²) in [6.45, 7) is 3.28. The van der Waals surface area contributed by atoms with Gasteiger partial charge in [-0.1, -0.05) is 36.4 Å². The van der Waals surface area contributed by atoms with Crippen LogP contribution < -0.4 is 9.47 Å². The van der Waals surface area contributed by atoms with E-state index in [1.165, 1.54) is 5.39 Å². The minimum Gasteiger partial charge on any atom is -0.497 e.